The molecule has 1 saturated carbocycles. The van der Waals surface area contributed by atoms with Crippen LogP contribution >= 0.6 is 0 Å². The molecule has 1 aromatic carbocycles. The number of nitriles is 1. The van der Waals surface area contributed by atoms with Crippen molar-refractivity contribution in [2.45, 2.75) is 37.1 Å². The van der Waals surface area contributed by atoms with Crippen molar-refractivity contribution in [2.24, 2.45) is 5.92 Å². The molecule has 2 rings (SSSR count). The highest BCUT2D eigenvalue weighted by Crippen LogP contribution is 2.36. The molecule has 2 atom stereocenters. The van der Waals surface area contributed by atoms with Gasteiger partial charge in [-0.3, -0.25) is 0 Å². The first-order chi connectivity index (χ1) is 8.99. The summed E-state index contributed by atoms with van der Waals surface area (Å²) in [5.74, 6) is -0.454. The van der Waals surface area contributed by atoms with Crippen LogP contribution in [0.2, 0.25) is 0 Å². The van der Waals surface area contributed by atoms with Crippen LogP contribution in [0.15, 0.2) is 23.1 Å². The van der Waals surface area contributed by atoms with E-state index in [9.17, 15) is 12.8 Å². The zero-order valence-corrected chi connectivity index (χ0v) is 11.4. The minimum atomic E-state index is -3.83. The Morgan fingerprint density at radius 1 is 1.53 bits per heavy atom. The minimum Gasteiger partial charge on any atom is -0.208 e. The second-order valence-corrected chi connectivity index (χ2v) is 6.42. The molecule has 2 unspecified atom stereocenters. The Hall–Kier alpha value is -1.45. The van der Waals surface area contributed by atoms with Crippen molar-refractivity contribution in [2.75, 3.05) is 0 Å². The Bertz CT molecular complexity index is 622. The lowest BCUT2D eigenvalue weighted by Gasteiger charge is -2.08. The third-order valence-electron chi connectivity index (χ3n) is 3.27. The van der Waals surface area contributed by atoms with Gasteiger partial charge in [-0.15, -0.1) is 0 Å². The van der Waals surface area contributed by atoms with Gasteiger partial charge in [0.25, 0.3) is 0 Å². The SMILES string of the molecule is CCCC1CC1NS(=O)(=O)c1cccc(F)c1C#N. The Morgan fingerprint density at radius 3 is 2.89 bits per heavy atom. The van der Waals surface area contributed by atoms with Crippen LogP contribution < -0.4 is 4.72 Å². The molecule has 102 valence electrons. The summed E-state index contributed by atoms with van der Waals surface area (Å²) in [5, 5.41) is 8.87. The van der Waals surface area contributed by atoms with E-state index < -0.39 is 21.4 Å². The van der Waals surface area contributed by atoms with Gasteiger partial charge in [-0.05, 0) is 30.9 Å². The van der Waals surface area contributed by atoms with E-state index in [0.717, 1.165) is 25.3 Å². The van der Waals surface area contributed by atoms with Crippen LogP contribution in [-0.4, -0.2) is 14.5 Å². The number of hydrogen-bond donors (Lipinski definition) is 1. The highest BCUT2D eigenvalue weighted by atomic mass is 32.2. The fraction of sp³-hybridized carbons (Fsp3) is 0.462. The molecule has 1 aliphatic carbocycles. The Balaban J connectivity index is 2.22. The molecule has 19 heavy (non-hydrogen) atoms. The lowest BCUT2D eigenvalue weighted by Crippen LogP contribution is -2.28. The fourth-order valence-electron chi connectivity index (χ4n) is 2.18. The summed E-state index contributed by atoms with van der Waals surface area (Å²) >= 11 is 0. The predicted molar refractivity (Wildman–Crippen MR) is 68.2 cm³/mol. The largest absolute Gasteiger partial charge is 0.242 e. The summed E-state index contributed by atoms with van der Waals surface area (Å²) in [6, 6.07) is 5.14. The van der Waals surface area contributed by atoms with E-state index >= 15 is 0 Å². The van der Waals surface area contributed by atoms with Crippen LogP contribution in [-0.2, 0) is 10.0 Å². The second-order valence-electron chi connectivity index (χ2n) is 4.74. The molecule has 0 saturated heterocycles. The fourth-order valence-corrected chi connectivity index (χ4v) is 3.67. The lowest BCUT2D eigenvalue weighted by atomic mass is 10.2. The third kappa shape index (κ3) is 2.94. The van der Waals surface area contributed by atoms with Gasteiger partial charge >= 0.3 is 0 Å². The first kappa shape index (κ1) is 14.0. The van der Waals surface area contributed by atoms with E-state index in [1.54, 1.807) is 6.07 Å². The van der Waals surface area contributed by atoms with E-state index in [0.29, 0.717) is 5.92 Å². The van der Waals surface area contributed by atoms with Crippen molar-refractivity contribution in [3.8, 4) is 6.07 Å². The first-order valence-corrected chi connectivity index (χ1v) is 7.69. The summed E-state index contributed by atoms with van der Waals surface area (Å²) in [6.45, 7) is 2.05. The maximum absolute atomic E-state index is 13.4. The molecule has 0 spiro atoms. The van der Waals surface area contributed by atoms with Gasteiger partial charge in [-0.2, -0.15) is 5.26 Å². The number of nitrogens with zero attached hydrogens (tertiary/aromatic N) is 1. The molecular weight excluding hydrogens is 267 g/mol. The van der Waals surface area contributed by atoms with Crippen LogP contribution in [0.4, 0.5) is 4.39 Å². The van der Waals surface area contributed by atoms with Crippen molar-refractivity contribution >= 4 is 10.0 Å². The number of hydrogen-bond acceptors (Lipinski definition) is 3. The van der Waals surface area contributed by atoms with Crippen molar-refractivity contribution in [1.82, 2.24) is 4.72 Å². The Labute approximate surface area is 112 Å². The summed E-state index contributed by atoms with van der Waals surface area (Å²) in [6.07, 6.45) is 2.79. The summed E-state index contributed by atoms with van der Waals surface area (Å²) in [7, 11) is -3.83. The Morgan fingerprint density at radius 2 is 2.26 bits per heavy atom. The van der Waals surface area contributed by atoms with Crippen LogP contribution in [0.3, 0.4) is 0 Å². The van der Waals surface area contributed by atoms with Gasteiger partial charge in [0, 0.05) is 6.04 Å². The van der Waals surface area contributed by atoms with Gasteiger partial charge in [0.2, 0.25) is 10.0 Å². The number of rotatable bonds is 5. The molecule has 0 radical (unpaired) electrons. The smallest absolute Gasteiger partial charge is 0.208 e. The molecule has 1 N–H and O–H groups in total. The lowest BCUT2D eigenvalue weighted by molar-refractivity contribution is 0.569. The Kier molecular flexibility index (Phi) is 3.88. The van der Waals surface area contributed by atoms with Gasteiger partial charge < -0.3 is 0 Å². The topological polar surface area (TPSA) is 70.0 Å². The van der Waals surface area contributed by atoms with E-state index in [-0.39, 0.29) is 10.9 Å². The molecule has 0 bridgehead atoms. The predicted octanol–water partition coefficient (Wildman–Crippen LogP) is 2.16. The molecule has 0 aromatic heterocycles. The summed E-state index contributed by atoms with van der Waals surface area (Å²) in [4.78, 5) is -0.280. The van der Waals surface area contributed by atoms with Gasteiger partial charge in [-0.1, -0.05) is 19.4 Å². The zero-order chi connectivity index (χ0) is 14.0. The van der Waals surface area contributed by atoms with Crippen LogP contribution in [0.25, 0.3) is 0 Å². The quantitative estimate of drug-likeness (QED) is 0.899. The maximum atomic E-state index is 13.4. The van der Waals surface area contributed by atoms with E-state index in [2.05, 4.69) is 4.72 Å². The molecule has 0 heterocycles. The van der Waals surface area contributed by atoms with Crippen molar-refractivity contribution in [1.29, 1.82) is 5.26 Å². The average Bonchev–Trinajstić information content (AvgIpc) is 3.06. The second kappa shape index (κ2) is 5.27. The zero-order valence-electron chi connectivity index (χ0n) is 10.6. The molecule has 6 heteroatoms. The summed E-state index contributed by atoms with van der Waals surface area (Å²) < 4.78 is 40.2. The molecular formula is C13H15FN2O2S. The van der Waals surface area contributed by atoms with Crippen molar-refractivity contribution in [3.63, 3.8) is 0 Å². The average molecular weight is 282 g/mol. The molecule has 0 aliphatic heterocycles. The third-order valence-corrected chi connectivity index (χ3v) is 4.80. The molecule has 1 fully saturated rings. The van der Waals surface area contributed by atoms with Gasteiger partial charge in [0.1, 0.15) is 22.3 Å². The van der Waals surface area contributed by atoms with Crippen LogP contribution in [0.1, 0.15) is 31.7 Å². The highest BCUT2D eigenvalue weighted by molar-refractivity contribution is 7.89. The number of sulfonamides is 1. The molecule has 0 amide bonds. The van der Waals surface area contributed by atoms with Crippen molar-refractivity contribution in [3.05, 3.63) is 29.6 Å². The maximum Gasteiger partial charge on any atom is 0.242 e. The number of nitrogens with one attached hydrogen (secondary N) is 1. The van der Waals surface area contributed by atoms with Gasteiger partial charge in [0.15, 0.2) is 0 Å². The van der Waals surface area contributed by atoms with E-state index in [4.69, 9.17) is 5.26 Å². The number of benzene rings is 1. The normalized spacial score (nSPS) is 21.9. The van der Waals surface area contributed by atoms with E-state index in [1.807, 2.05) is 6.92 Å². The highest BCUT2D eigenvalue weighted by Gasteiger charge is 2.39. The molecule has 1 aromatic rings. The van der Waals surface area contributed by atoms with Crippen LogP contribution in [0, 0.1) is 23.1 Å². The summed E-state index contributed by atoms with van der Waals surface area (Å²) in [5.41, 5.74) is -0.428. The van der Waals surface area contributed by atoms with E-state index in [1.165, 1.54) is 12.1 Å². The standard InChI is InChI=1S/C13H15FN2O2S/c1-2-4-9-7-12(9)16-19(17,18)13-6-3-5-11(14)10(13)8-15/h3,5-6,9,12,16H,2,4,7H2,1H3. The molecule has 1 aliphatic rings. The molecule has 4 nitrogen and oxygen atoms in total. The van der Waals surface area contributed by atoms with Gasteiger partial charge in [0.05, 0.1) is 0 Å². The van der Waals surface area contributed by atoms with Crippen LogP contribution in [0.5, 0.6) is 0 Å². The monoisotopic (exact) mass is 282 g/mol. The van der Waals surface area contributed by atoms with Crippen molar-refractivity contribution < 1.29 is 12.8 Å². The number of halogens is 1. The minimum absolute atomic E-state index is 0.0836. The first-order valence-electron chi connectivity index (χ1n) is 6.20. The van der Waals surface area contributed by atoms with Gasteiger partial charge in [-0.25, -0.2) is 17.5 Å².